The van der Waals surface area contributed by atoms with E-state index >= 15 is 0 Å². The van der Waals surface area contributed by atoms with Crippen molar-refractivity contribution in [1.82, 2.24) is 0 Å². The zero-order valence-corrected chi connectivity index (χ0v) is 16.8. The van der Waals surface area contributed by atoms with Gasteiger partial charge in [-0.1, -0.05) is 39.8 Å². The lowest BCUT2D eigenvalue weighted by Crippen LogP contribution is -2.26. The number of hydrogen-bond acceptors (Lipinski definition) is 2. The van der Waals surface area contributed by atoms with Crippen LogP contribution in [0.2, 0.25) is 0 Å². The fourth-order valence-corrected chi connectivity index (χ4v) is 4.12. The van der Waals surface area contributed by atoms with Gasteiger partial charge < -0.3 is 5.11 Å². The Morgan fingerprint density at radius 2 is 1.70 bits per heavy atom. The molecule has 1 unspecified atom stereocenters. The number of benzene rings is 1. The molecule has 2 aliphatic rings. The van der Waals surface area contributed by atoms with Gasteiger partial charge in [0, 0.05) is 17.2 Å². The number of halogens is 1. The summed E-state index contributed by atoms with van der Waals surface area (Å²) in [4.78, 5) is 5.00. The first-order valence-electron chi connectivity index (χ1n) is 10.1. The van der Waals surface area contributed by atoms with E-state index in [0.717, 1.165) is 41.0 Å². The van der Waals surface area contributed by atoms with E-state index in [-0.39, 0.29) is 30.2 Å². The molecule has 3 rings (SSSR count). The van der Waals surface area contributed by atoms with Crippen molar-refractivity contribution < 1.29 is 9.50 Å². The number of allylic oxidation sites excluding steroid dienone is 2. The minimum Gasteiger partial charge on any atom is -0.392 e. The number of nitrogens with zero attached hydrogens (tertiary/aromatic N) is 1. The first kappa shape index (κ1) is 19.8. The van der Waals surface area contributed by atoms with Crippen LogP contribution < -0.4 is 0 Å². The fraction of sp³-hybridized carbons (Fsp3) is 0.500. The molecule has 27 heavy (non-hydrogen) atoms. The Balaban J connectivity index is 2.28. The Labute approximate surface area is 162 Å². The molecule has 1 saturated carbocycles. The molecule has 0 spiro atoms. The average Bonchev–Trinajstić information content (AvgIpc) is 3.14. The maximum Gasteiger partial charge on any atom is 0.123 e. The fourth-order valence-electron chi connectivity index (χ4n) is 4.12. The smallest absolute Gasteiger partial charge is 0.123 e. The molecule has 1 atom stereocenters. The highest BCUT2D eigenvalue weighted by atomic mass is 19.1. The van der Waals surface area contributed by atoms with Gasteiger partial charge in [0.15, 0.2) is 0 Å². The highest BCUT2D eigenvalue weighted by Crippen LogP contribution is 2.42. The predicted molar refractivity (Wildman–Crippen MR) is 109 cm³/mol. The molecule has 0 bridgehead atoms. The third-order valence-corrected chi connectivity index (χ3v) is 5.47. The normalized spacial score (nSPS) is 20.6. The molecule has 144 valence electrons. The molecule has 2 nitrogen and oxygen atoms in total. The lowest BCUT2D eigenvalue weighted by Gasteiger charge is -2.32. The quantitative estimate of drug-likeness (QED) is 0.656. The van der Waals surface area contributed by atoms with Crippen molar-refractivity contribution in [3.05, 3.63) is 63.8 Å². The van der Waals surface area contributed by atoms with Crippen molar-refractivity contribution in [2.24, 2.45) is 16.8 Å². The van der Waals surface area contributed by atoms with Crippen LogP contribution in [0.15, 0.2) is 57.4 Å². The molecule has 1 heterocycles. The summed E-state index contributed by atoms with van der Waals surface area (Å²) >= 11 is 0. The molecule has 1 N–H and O–H groups in total. The lowest BCUT2D eigenvalue weighted by molar-refractivity contribution is 0.321. The van der Waals surface area contributed by atoms with Crippen LogP contribution in [0.5, 0.6) is 0 Å². The molecule has 1 fully saturated rings. The van der Waals surface area contributed by atoms with Crippen LogP contribution in [0.25, 0.3) is 0 Å². The second-order valence-corrected chi connectivity index (χ2v) is 8.21. The highest BCUT2D eigenvalue weighted by Gasteiger charge is 2.33. The minimum absolute atomic E-state index is 0.0506. The highest BCUT2D eigenvalue weighted by molar-refractivity contribution is 6.05. The van der Waals surface area contributed by atoms with E-state index in [1.807, 2.05) is 12.1 Å². The third kappa shape index (κ3) is 4.15. The minimum atomic E-state index is -0.245. The Hall–Kier alpha value is -1.96. The van der Waals surface area contributed by atoms with Gasteiger partial charge in [-0.05, 0) is 66.4 Å². The first-order valence-corrected chi connectivity index (χ1v) is 10.1. The van der Waals surface area contributed by atoms with Crippen molar-refractivity contribution in [2.75, 3.05) is 6.61 Å². The largest absolute Gasteiger partial charge is 0.392 e. The predicted octanol–water partition coefficient (Wildman–Crippen LogP) is 5.95. The van der Waals surface area contributed by atoms with Crippen molar-refractivity contribution in [2.45, 2.75) is 59.3 Å². The van der Waals surface area contributed by atoms with Gasteiger partial charge in [-0.25, -0.2) is 4.39 Å². The van der Waals surface area contributed by atoms with Crippen LogP contribution in [-0.4, -0.2) is 17.4 Å². The summed E-state index contributed by atoms with van der Waals surface area (Å²) in [5, 5.41) is 10.3. The lowest BCUT2D eigenvalue weighted by atomic mass is 9.76. The molecule has 0 amide bonds. The molecule has 1 aliphatic carbocycles. The van der Waals surface area contributed by atoms with Gasteiger partial charge in [0.25, 0.3) is 0 Å². The molecular formula is C24H30FNO. The summed E-state index contributed by atoms with van der Waals surface area (Å²) < 4.78 is 13.6. The summed E-state index contributed by atoms with van der Waals surface area (Å²) in [6.45, 7) is 8.48. The van der Waals surface area contributed by atoms with Crippen LogP contribution in [0, 0.1) is 17.7 Å². The van der Waals surface area contributed by atoms with Crippen molar-refractivity contribution in [1.29, 1.82) is 0 Å². The van der Waals surface area contributed by atoms with Gasteiger partial charge >= 0.3 is 0 Å². The van der Waals surface area contributed by atoms with Gasteiger partial charge in [-0.3, -0.25) is 4.99 Å². The van der Waals surface area contributed by atoms with E-state index in [1.165, 1.54) is 30.5 Å². The van der Waals surface area contributed by atoms with Crippen LogP contribution in [0.1, 0.15) is 64.9 Å². The maximum atomic E-state index is 13.6. The third-order valence-electron chi connectivity index (χ3n) is 5.47. The van der Waals surface area contributed by atoms with E-state index < -0.39 is 0 Å². The van der Waals surface area contributed by atoms with E-state index in [0.29, 0.717) is 0 Å². The topological polar surface area (TPSA) is 32.6 Å². The van der Waals surface area contributed by atoms with Crippen LogP contribution in [-0.2, 0) is 0 Å². The summed E-state index contributed by atoms with van der Waals surface area (Å²) in [7, 11) is 0. The van der Waals surface area contributed by atoms with E-state index in [2.05, 4.69) is 33.4 Å². The Bertz CT molecular complexity index is 812. The summed E-state index contributed by atoms with van der Waals surface area (Å²) in [6.07, 6.45) is 4.59. The van der Waals surface area contributed by atoms with Gasteiger partial charge in [0.05, 0.1) is 12.3 Å². The summed E-state index contributed by atoms with van der Waals surface area (Å²) in [6, 6.07) is 6.66. The van der Waals surface area contributed by atoms with Crippen LogP contribution in [0.3, 0.4) is 0 Å². The second kappa shape index (κ2) is 8.37. The van der Waals surface area contributed by atoms with Gasteiger partial charge in [0.2, 0.25) is 0 Å². The van der Waals surface area contributed by atoms with E-state index in [1.54, 1.807) is 0 Å². The maximum absolute atomic E-state index is 13.6. The van der Waals surface area contributed by atoms with Crippen molar-refractivity contribution in [3.63, 3.8) is 0 Å². The average molecular weight is 368 g/mol. The number of aliphatic hydroxyl groups excluding tert-OH is 1. The van der Waals surface area contributed by atoms with Gasteiger partial charge in [-0.15, -0.1) is 5.73 Å². The SMILES string of the molecule is CC(C)C1=NC(C(C)C)=C(CO)C(c2ccc(F)cc2)C1=C=C1CCCC1. The van der Waals surface area contributed by atoms with Crippen LogP contribution >= 0.6 is 0 Å². The molecule has 3 heteroatoms. The summed E-state index contributed by atoms with van der Waals surface area (Å²) in [5.74, 6) is 0.109. The van der Waals surface area contributed by atoms with Crippen LogP contribution in [0.4, 0.5) is 4.39 Å². The monoisotopic (exact) mass is 367 g/mol. The van der Waals surface area contributed by atoms with Crippen molar-refractivity contribution >= 4 is 5.71 Å². The molecule has 0 radical (unpaired) electrons. The number of aliphatic imine (C=N–C) groups is 1. The van der Waals surface area contributed by atoms with Gasteiger partial charge in [-0.2, -0.15) is 0 Å². The molecular weight excluding hydrogens is 337 g/mol. The molecule has 1 aromatic carbocycles. The molecule has 0 saturated heterocycles. The Morgan fingerprint density at radius 3 is 2.22 bits per heavy atom. The Kier molecular flexibility index (Phi) is 6.14. The number of aliphatic hydroxyl groups is 1. The first-order chi connectivity index (χ1) is 12.9. The zero-order valence-electron chi connectivity index (χ0n) is 16.8. The molecule has 0 aromatic heterocycles. The molecule has 1 aliphatic heterocycles. The van der Waals surface area contributed by atoms with Gasteiger partial charge in [0.1, 0.15) is 5.82 Å². The number of rotatable bonds is 4. The Morgan fingerprint density at radius 1 is 1.07 bits per heavy atom. The summed E-state index contributed by atoms with van der Waals surface area (Å²) in [5.41, 5.74) is 10.0. The second-order valence-electron chi connectivity index (χ2n) is 8.21. The standard InChI is InChI=1S/C24H30FNO/c1-15(2)23-20(13-17-7-5-6-8-17)22(18-9-11-19(25)12-10-18)21(14-27)24(26-23)16(3)4/h9-12,15-16,22,27H,5-8,14H2,1-4H3. The van der Waals surface area contributed by atoms with E-state index in [9.17, 15) is 9.50 Å². The number of hydrogen-bond donors (Lipinski definition) is 1. The zero-order chi connectivity index (χ0) is 19.6. The van der Waals surface area contributed by atoms with E-state index in [4.69, 9.17) is 4.99 Å². The molecule has 1 aromatic rings. The van der Waals surface area contributed by atoms with Crippen molar-refractivity contribution in [3.8, 4) is 0 Å².